The molecule has 0 aliphatic heterocycles. The first-order valence-electron chi connectivity index (χ1n) is 6.62. The van der Waals surface area contributed by atoms with Crippen molar-refractivity contribution in [3.05, 3.63) is 58.3 Å². The van der Waals surface area contributed by atoms with Gasteiger partial charge in [0.25, 0.3) is 0 Å². The summed E-state index contributed by atoms with van der Waals surface area (Å²) in [6.45, 7) is 4.03. The molecule has 0 unspecified atom stereocenters. The Kier molecular flexibility index (Phi) is 6.07. The van der Waals surface area contributed by atoms with Gasteiger partial charge in [0, 0.05) is 20.8 Å². The van der Waals surface area contributed by atoms with Crippen LogP contribution < -0.4 is 5.32 Å². The lowest BCUT2D eigenvalue weighted by Gasteiger charge is -2.08. The van der Waals surface area contributed by atoms with Crippen molar-refractivity contribution in [1.29, 1.82) is 0 Å². The Balaban J connectivity index is 2.08. The Morgan fingerprint density at radius 1 is 1.15 bits per heavy atom. The molecule has 0 aromatic heterocycles. The van der Waals surface area contributed by atoms with E-state index in [2.05, 4.69) is 40.3 Å². The standard InChI is InChI=1S/C16H17BrFNS/c1-2-9-19-11-12-7-8-15(13(17)10-12)20-16-6-4-3-5-14(16)18/h3-8,10,19H,2,9,11H2,1H3. The SMILES string of the molecule is CCCNCc1ccc(Sc2ccccc2F)c(Br)c1. The van der Waals surface area contributed by atoms with E-state index in [9.17, 15) is 4.39 Å². The maximum absolute atomic E-state index is 13.6. The molecule has 0 amide bonds. The van der Waals surface area contributed by atoms with Gasteiger partial charge in [-0.25, -0.2) is 4.39 Å². The molecule has 0 fully saturated rings. The van der Waals surface area contributed by atoms with Crippen LogP contribution in [-0.2, 0) is 6.54 Å². The fourth-order valence-corrected chi connectivity index (χ4v) is 3.30. The van der Waals surface area contributed by atoms with Gasteiger partial charge >= 0.3 is 0 Å². The van der Waals surface area contributed by atoms with Gasteiger partial charge in [0.1, 0.15) is 5.82 Å². The number of halogens is 2. The molecule has 106 valence electrons. The fraction of sp³-hybridized carbons (Fsp3) is 0.250. The van der Waals surface area contributed by atoms with Crippen molar-refractivity contribution in [2.24, 2.45) is 0 Å². The smallest absolute Gasteiger partial charge is 0.137 e. The van der Waals surface area contributed by atoms with Crippen molar-refractivity contribution >= 4 is 27.7 Å². The largest absolute Gasteiger partial charge is 0.313 e. The van der Waals surface area contributed by atoms with Crippen molar-refractivity contribution in [2.75, 3.05) is 6.54 Å². The summed E-state index contributed by atoms with van der Waals surface area (Å²) in [6.07, 6.45) is 1.13. The molecule has 0 saturated carbocycles. The highest BCUT2D eigenvalue weighted by Gasteiger charge is 2.07. The Morgan fingerprint density at radius 3 is 2.65 bits per heavy atom. The monoisotopic (exact) mass is 353 g/mol. The maximum atomic E-state index is 13.6. The molecule has 1 nitrogen and oxygen atoms in total. The molecule has 4 heteroatoms. The molecule has 2 rings (SSSR count). The summed E-state index contributed by atoms with van der Waals surface area (Å²) in [5.41, 5.74) is 1.23. The van der Waals surface area contributed by atoms with Crippen LogP contribution in [-0.4, -0.2) is 6.54 Å². The lowest BCUT2D eigenvalue weighted by molar-refractivity contribution is 0.602. The highest BCUT2D eigenvalue weighted by atomic mass is 79.9. The van der Waals surface area contributed by atoms with Gasteiger partial charge < -0.3 is 5.32 Å². The molecule has 1 N–H and O–H groups in total. The van der Waals surface area contributed by atoms with Gasteiger partial charge in [0.2, 0.25) is 0 Å². The number of rotatable bonds is 6. The highest BCUT2D eigenvalue weighted by molar-refractivity contribution is 9.10. The van der Waals surface area contributed by atoms with Crippen LogP contribution in [0.15, 0.2) is 56.7 Å². The van der Waals surface area contributed by atoms with Crippen LogP contribution >= 0.6 is 27.7 Å². The highest BCUT2D eigenvalue weighted by Crippen LogP contribution is 2.35. The van der Waals surface area contributed by atoms with E-state index in [-0.39, 0.29) is 5.82 Å². The maximum Gasteiger partial charge on any atom is 0.137 e. The lowest BCUT2D eigenvalue weighted by atomic mass is 10.2. The van der Waals surface area contributed by atoms with Gasteiger partial charge in [0.15, 0.2) is 0 Å². The minimum absolute atomic E-state index is 0.182. The van der Waals surface area contributed by atoms with E-state index in [1.807, 2.05) is 12.1 Å². The Labute approximate surface area is 132 Å². The Bertz CT molecular complexity index is 574. The Hall–Kier alpha value is -0.840. The summed E-state index contributed by atoms with van der Waals surface area (Å²) < 4.78 is 14.6. The quantitative estimate of drug-likeness (QED) is 0.712. The molecule has 0 heterocycles. The second kappa shape index (κ2) is 7.81. The summed E-state index contributed by atoms with van der Waals surface area (Å²) in [6, 6.07) is 13.0. The van der Waals surface area contributed by atoms with Crippen molar-refractivity contribution < 1.29 is 4.39 Å². The van der Waals surface area contributed by atoms with E-state index in [0.29, 0.717) is 4.90 Å². The van der Waals surface area contributed by atoms with Gasteiger partial charge in [-0.15, -0.1) is 0 Å². The topological polar surface area (TPSA) is 12.0 Å². The number of hydrogen-bond acceptors (Lipinski definition) is 2. The average Bonchev–Trinajstić information content (AvgIpc) is 2.44. The van der Waals surface area contributed by atoms with Crippen molar-refractivity contribution in [2.45, 2.75) is 29.7 Å². The molecule has 0 aliphatic rings. The van der Waals surface area contributed by atoms with E-state index in [0.717, 1.165) is 28.9 Å². The average molecular weight is 354 g/mol. The van der Waals surface area contributed by atoms with Gasteiger partial charge in [-0.2, -0.15) is 0 Å². The molecule has 0 saturated heterocycles. The van der Waals surface area contributed by atoms with E-state index in [4.69, 9.17) is 0 Å². The first-order valence-corrected chi connectivity index (χ1v) is 8.23. The Morgan fingerprint density at radius 2 is 1.95 bits per heavy atom. The van der Waals surface area contributed by atoms with E-state index in [1.165, 1.54) is 23.4 Å². The summed E-state index contributed by atoms with van der Waals surface area (Å²) in [7, 11) is 0. The van der Waals surface area contributed by atoms with Gasteiger partial charge in [-0.1, -0.05) is 36.9 Å². The fourth-order valence-electron chi connectivity index (χ4n) is 1.79. The van der Waals surface area contributed by atoms with Crippen molar-refractivity contribution in [1.82, 2.24) is 5.32 Å². The molecule has 0 aliphatic carbocycles. The molecule has 2 aromatic rings. The van der Waals surface area contributed by atoms with Crippen LogP contribution in [0.4, 0.5) is 4.39 Å². The number of hydrogen-bond donors (Lipinski definition) is 1. The molecule has 0 bridgehead atoms. The van der Waals surface area contributed by atoms with Gasteiger partial charge in [0.05, 0.1) is 0 Å². The zero-order valence-corrected chi connectivity index (χ0v) is 13.7. The molecule has 0 spiro atoms. The molecule has 0 radical (unpaired) electrons. The molecule has 0 atom stereocenters. The lowest BCUT2D eigenvalue weighted by Crippen LogP contribution is -2.13. The third-order valence-corrected chi connectivity index (χ3v) is 4.85. The van der Waals surface area contributed by atoms with E-state index >= 15 is 0 Å². The summed E-state index contributed by atoms with van der Waals surface area (Å²) in [5.74, 6) is -0.182. The summed E-state index contributed by atoms with van der Waals surface area (Å²) >= 11 is 5.00. The van der Waals surface area contributed by atoms with Gasteiger partial charge in [-0.3, -0.25) is 0 Å². The zero-order chi connectivity index (χ0) is 14.4. The van der Waals surface area contributed by atoms with E-state index < -0.39 is 0 Å². The van der Waals surface area contributed by atoms with E-state index in [1.54, 1.807) is 12.1 Å². The number of nitrogens with one attached hydrogen (secondary N) is 1. The van der Waals surface area contributed by atoms with Gasteiger partial charge in [-0.05, 0) is 58.7 Å². The van der Waals surface area contributed by atoms with Crippen LogP contribution in [0.5, 0.6) is 0 Å². The second-order valence-electron chi connectivity index (χ2n) is 4.47. The third-order valence-electron chi connectivity index (χ3n) is 2.81. The second-order valence-corrected chi connectivity index (χ2v) is 6.41. The van der Waals surface area contributed by atoms with Crippen molar-refractivity contribution in [3.63, 3.8) is 0 Å². The first kappa shape index (κ1) is 15.5. The van der Waals surface area contributed by atoms with Crippen LogP contribution in [0.2, 0.25) is 0 Å². The molecule has 2 aromatic carbocycles. The third kappa shape index (κ3) is 4.33. The summed E-state index contributed by atoms with van der Waals surface area (Å²) in [5, 5.41) is 3.37. The molecular formula is C16H17BrFNS. The minimum atomic E-state index is -0.182. The molecular weight excluding hydrogens is 337 g/mol. The minimum Gasteiger partial charge on any atom is -0.313 e. The normalized spacial score (nSPS) is 10.8. The van der Waals surface area contributed by atoms with Crippen molar-refractivity contribution in [3.8, 4) is 0 Å². The van der Waals surface area contributed by atoms with Crippen LogP contribution in [0.25, 0.3) is 0 Å². The van der Waals surface area contributed by atoms with Crippen LogP contribution in [0.1, 0.15) is 18.9 Å². The van der Waals surface area contributed by atoms with Crippen LogP contribution in [0.3, 0.4) is 0 Å². The van der Waals surface area contributed by atoms with Crippen LogP contribution in [0, 0.1) is 5.82 Å². The predicted octanol–water partition coefficient (Wildman–Crippen LogP) is 5.24. The predicted molar refractivity (Wildman–Crippen MR) is 86.7 cm³/mol. The summed E-state index contributed by atoms with van der Waals surface area (Å²) in [4.78, 5) is 1.67. The zero-order valence-electron chi connectivity index (χ0n) is 11.3. The molecule has 20 heavy (non-hydrogen) atoms. The first-order chi connectivity index (χ1) is 9.70. The number of benzene rings is 2.